The summed E-state index contributed by atoms with van der Waals surface area (Å²) in [4.78, 5) is 4.30. The highest BCUT2D eigenvalue weighted by atomic mass is 16.3. The van der Waals surface area contributed by atoms with Crippen molar-refractivity contribution < 1.29 is 5.11 Å². The molecule has 0 saturated carbocycles. The molecule has 2 heteroatoms. The minimum Gasteiger partial charge on any atom is -0.384 e. The van der Waals surface area contributed by atoms with Crippen LogP contribution in [0.2, 0.25) is 0 Å². The van der Waals surface area contributed by atoms with Gasteiger partial charge in [-0.15, -0.1) is 0 Å². The van der Waals surface area contributed by atoms with Crippen LogP contribution in [-0.4, -0.2) is 10.1 Å². The van der Waals surface area contributed by atoms with E-state index in [0.717, 1.165) is 16.8 Å². The molecule has 2 aromatic rings. The molecule has 0 aliphatic carbocycles. The average molecular weight is 227 g/mol. The van der Waals surface area contributed by atoms with Crippen LogP contribution in [0.25, 0.3) is 0 Å². The van der Waals surface area contributed by atoms with Gasteiger partial charge in [0.1, 0.15) is 6.10 Å². The van der Waals surface area contributed by atoms with Crippen molar-refractivity contribution >= 4 is 0 Å². The lowest BCUT2D eigenvalue weighted by Gasteiger charge is -2.13. The minimum atomic E-state index is -0.573. The molecule has 0 amide bonds. The normalized spacial score (nSPS) is 12.7. The minimum absolute atomic E-state index is 0.373. The van der Waals surface area contributed by atoms with Crippen LogP contribution in [0.3, 0.4) is 0 Å². The zero-order chi connectivity index (χ0) is 12.3. The van der Waals surface area contributed by atoms with Gasteiger partial charge in [-0.1, -0.05) is 44.2 Å². The Hall–Kier alpha value is -1.67. The van der Waals surface area contributed by atoms with Crippen LogP contribution in [0.4, 0.5) is 0 Å². The van der Waals surface area contributed by atoms with E-state index in [1.165, 1.54) is 0 Å². The van der Waals surface area contributed by atoms with Crippen molar-refractivity contribution in [3.63, 3.8) is 0 Å². The zero-order valence-electron chi connectivity index (χ0n) is 10.2. The van der Waals surface area contributed by atoms with E-state index in [9.17, 15) is 5.11 Å². The first-order valence-electron chi connectivity index (χ1n) is 5.87. The van der Waals surface area contributed by atoms with E-state index in [2.05, 4.69) is 18.8 Å². The van der Waals surface area contributed by atoms with Crippen LogP contribution in [0.5, 0.6) is 0 Å². The third-order valence-corrected chi connectivity index (χ3v) is 2.83. The summed E-state index contributed by atoms with van der Waals surface area (Å²) in [5.41, 5.74) is 2.82. The molecule has 1 atom stereocenters. The molecule has 0 spiro atoms. The second kappa shape index (κ2) is 5.11. The first-order chi connectivity index (χ1) is 8.18. The van der Waals surface area contributed by atoms with E-state index in [0.29, 0.717) is 5.92 Å². The van der Waals surface area contributed by atoms with E-state index >= 15 is 0 Å². The number of rotatable bonds is 3. The maximum Gasteiger partial charge on any atom is 0.104 e. The molecule has 1 aromatic carbocycles. The lowest BCUT2D eigenvalue weighted by atomic mass is 10.00. The van der Waals surface area contributed by atoms with E-state index in [1.807, 2.05) is 42.5 Å². The third kappa shape index (κ3) is 2.71. The van der Waals surface area contributed by atoms with Crippen molar-refractivity contribution in [2.45, 2.75) is 25.9 Å². The van der Waals surface area contributed by atoms with Gasteiger partial charge in [0.2, 0.25) is 0 Å². The van der Waals surface area contributed by atoms with Gasteiger partial charge >= 0.3 is 0 Å². The summed E-state index contributed by atoms with van der Waals surface area (Å²) in [6.07, 6.45) is 1.19. The number of hydrogen-bond donors (Lipinski definition) is 1. The standard InChI is InChI=1S/C15H17NO/c1-11(2)14-10-13(8-9-16-14)15(17)12-6-4-3-5-7-12/h3-11,15,17H,1-2H3. The molecule has 0 fully saturated rings. The second-order valence-corrected chi connectivity index (χ2v) is 4.48. The van der Waals surface area contributed by atoms with E-state index in [1.54, 1.807) is 6.20 Å². The van der Waals surface area contributed by atoms with E-state index < -0.39 is 6.10 Å². The summed E-state index contributed by atoms with van der Waals surface area (Å²) < 4.78 is 0. The Labute approximate surface area is 102 Å². The monoisotopic (exact) mass is 227 g/mol. The number of nitrogens with zero attached hydrogens (tertiary/aromatic N) is 1. The molecule has 0 bridgehead atoms. The van der Waals surface area contributed by atoms with E-state index in [4.69, 9.17) is 0 Å². The summed E-state index contributed by atoms with van der Waals surface area (Å²) in [7, 11) is 0. The van der Waals surface area contributed by atoms with Crippen molar-refractivity contribution in [1.82, 2.24) is 4.98 Å². The van der Waals surface area contributed by atoms with Crippen LogP contribution < -0.4 is 0 Å². The highest BCUT2D eigenvalue weighted by Gasteiger charge is 2.11. The molecule has 1 aromatic heterocycles. The van der Waals surface area contributed by atoms with Gasteiger partial charge in [-0.05, 0) is 29.2 Å². The van der Waals surface area contributed by atoms with Gasteiger partial charge < -0.3 is 5.11 Å². The molecule has 0 radical (unpaired) electrons. The number of aromatic nitrogens is 1. The molecule has 0 aliphatic heterocycles. The molecule has 1 N–H and O–H groups in total. The Kier molecular flexibility index (Phi) is 3.55. The maximum atomic E-state index is 10.3. The topological polar surface area (TPSA) is 33.1 Å². The maximum absolute atomic E-state index is 10.3. The summed E-state index contributed by atoms with van der Waals surface area (Å²) in [6.45, 7) is 4.20. The quantitative estimate of drug-likeness (QED) is 0.872. The molecule has 1 heterocycles. The molecular weight excluding hydrogens is 210 g/mol. The Balaban J connectivity index is 2.31. The lowest BCUT2D eigenvalue weighted by molar-refractivity contribution is 0.220. The van der Waals surface area contributed by atoms with Gasteiger partial charge in [0.25, 0.3) is 0 Å². The molecule has 2 nitrogen and oxygen atoms in total. The van der Waals surface area contributed by atoms with Crippen molar-refractivity contribution in [2.75, 3.05) is 0 Å². The van der Waals surface area contributed by atoms with E-state index in [-0.39, 0.29) is 0 Å². The second-order valence-electron chi connectivity index (χ2n) is 4.48. The first-order valence-corrected chi connectivity index (χ1v) is 5.87. The highest BCUT2D eigenvalue weighted by molar-refractivity contribution is 5.30. The Morgan fingerprint density at radius 2 is 1.71 bits per heavy atom. The fraction of sp³-hybridized carbons (Fsp3) is 0.267. The van der Waals surface area contributed by atoms with Gasteiger partial charge in [0, 0.05) is 11.9 Å². The summed E-state index contributed by atoms with van der Waals surface area (Å²) in [6, 6.07) is 13.5. The van der Waals surface area contributed by atoms with Crippen molar-refractivity contribution in [3.8, 4) is 0 Å². The van der Waals surface area contributed by atoms with Crippen molar-refractivity contribution in [3.05, 3.63) is 65.5 Å². The molecule has 2 rings (SSSR count). The largest absolute Gasteiger partial charge is 0.384 e. The Morgan fingerprint density at radius 1 is 1.00 bits per heavy atom. The fourth-order valence-electron chi connectivity index (χ4n) is 1.78. The van der Waals surface area contributed by atoms with Crippen LogP contribution in [-0.2, 0) is 0 Å². The van der Waals surface area contributed by atoms with Crippen LogP contribution >= 0.6 is 0 Å². The summed E-state index contributed by atoms with van der Waals surface area (Å²) in [5, 5.41) is 10.3. The van der Waals surface area contributed by atoms with Gasteiger partial charge in [0.15, 0.2) is 0 Å². The number of aliphatic hydroxyl groups excluding tert-OH is 1. The molecule has 0 aliphatic rings. The summed E-state index contributed by atoms with van der Waals surface area (Å²) >= 11 is 0. The molecule has 88 valence electrons. The average Bonchev–Trinajstić information content (AvgIpc) is 2.39. The zero-order valence-corrected chi connectivity index (χ0v) is 10.2. The highest BCUT2D eigenvalue weighted by Crippen LogP contribution is 2.23. The van der Waals surface area contributed by atoms with Gasteiger partial charge in [-0.25, -0.2) is 0 Å². The predicted octanol–water partition coefficient (Wildman–Crippen LogP) is 3.29. The van der Waals surface area contributed by atoms with Crippen LogP contribution in [0.15, 0.2) is 48.7 Å². The molecule has 0 saturated heterocycles. The Morgan fingerprint density at radius 3 is 2.35 bits per heavy atom. The SMILES string of the molecule is CC(C)c1cc(C(O)c2ccccc2)ccn1. The van der Waals surface area contributed by atoms with Gasteiger partial charge in [-0.3, -0.25) is 4.98 Å². The number of pyridine rings is 1. The van der Waals surface area contributed by atoms with Crippen LogP contribution in [0.1, 0.15) is 42.7 Å². The first kappa shape index (κ1) is 11.8. The van der Waals surface area contributed by atoms with Crippen LogP contribution in [0, 0.1) is 0 Å². The number of hydrogen-bond acceptors (Lipinski definition) is 2. The summed E-state index contributed by atoms with van der Waals surface area (Å²) in [5.74, 6) is 0.373. The van der Waals surface area contributed by atoms with Crippen molar-refractivity contribution in [1.29, 1.82) is 0 Å². The Bertz CT molecular complexity index is 479. The van der Waals surface area contributed by atoms with Crippen molar-refractivity contribution in [2.24, 2.45) is 0 Å². The predicted molar refractivity (Wildman–Crippen MR) is 68.8 cm³/mol. The molecule has 17 heavy (non-hydrogen) atoms. The van der Waals surface area contributed by atoms with Gasteiger partial charge in [-0.2, -0.15) is 0 Å². The smallest absolute Gasteiger partial charge is 0.104 e. The third-order valence-electron chi connectivity index (χ3n) is 2.83. The lowest BCUT2D eigenvalue weighted by Crippen LogP contribution is -2.02. The number of aliphatic hydroxyl groups is 1. The van der Waals surface area contributed by atoms with Gasteiger partial charge in [0.05, 0.1) is 0 Å². The number of benzene rings is 1. The molecule has 1 unspecified atom stereocenters. The fourth-order valence-corrected chi connectivity index (χ4v) is 1.78. The molecular formula is C15H17NO.